The van der Waals surface area contributed by atoms with Crippen LogP contribution in [0.3, 0.4) is 0 Å². The molecule has 0 unspecified atom stereocenters. The van der Waals surface area contributed by atoms with Gasteiger partial charge in [0.1, 0.15) is 11.4 Å². The van der Waals surface area contributed by atoms with Gasteiger partial charge in [-0.25, -0.2) is 12.8 Å². The van der Waals surface area contributed by atoms with Gasteiger partial charge in [0.05, 0.1) is 10.6 Å². The van der Waals surface area contributed by atoms with E-state index in [1.165, 1.54) is 42.6 Å². The van der Waals surface area contributed by atoms with E-state index in [1.807, 2.05) is 0 Å². The van der Waals surface area contributed by atoms with Crippen LogP contribution in [0.2, 0.25) is 0 Å². The number of nitrogens with one attached hydrogen (secondary N) is 3. The Hall–Kier alpha value is -3.20. The summed E-state index contributed by atoms with van der Waals surface area (Å²) in [6, 6.07) is 9.32. The van der Waals surface area contributed by atoms with E-state index in [9.17, 15) is 22.4 Å². The first kappa shape index (κ1) is 23.0. The van der Waals surface area contributed by atoms with Crippen molar-refractivity contribution in [2.75, 3.05) is 4.72 Å². The first-order valence-electron chi connectivity index (χ1n) is 10.9. The predicted octanol–water partition coefficient (Wildman–Crippen LogP) is 4.02. The number of aromatic amines is 1. The van der Waals surface area contributed by atoms with Gasteiger partial charge in [-0.3, -0.25) is 14.3 Å². The van der Waals surface area contributed by atoms with Gasteiger partial charge in [-0.1, -0.05) is 38.8 Å². The largest absolute Gasteiger partial charge is 0.360 e. The fourth-order valence-electron chi connectivity index (χ4n) is 4.31. The Bertz CT molecular complexity index is 1370. The minimum absolute atomic E-state index is 0.0203. The van der Waals surface area contributed by atoms with Crippen LogP contribution in [0.5, 0.6) is 0 Å². The third-order valence-electron chi connectivity index (χ3n) is 6.55. The molecule has 0 radical (unpaired) electrons. The van der Waals surface area contributed by atoms with E-state index >= 15 is 0 Å². The summed E-state index contributed by atoms with van der Waals surface area (Å²) < 4.78 is 41.7. The van der Waals surface area contributed by atoms with Crippen molar-refractivity contribution in [2.24, 2.45) is 11.8 Å². The number of benzene rings is 2. The summed E-state index contributed by atoms with van der Waals surface area (Å²) in [5.41, 5.74) is -0.457. The Balaban J connectivity index is 1.65. The molecule has 1 saturated carbocycles. The molecule has 1 fully saturated rings. The molecule has 4 rings (SSSR count). The van der Waals surface area contributed by atoms with Crippen LogP contribution in [-0.2, 0) is 10.0 Å². The number of hydrogen-bond donors (Lipinski definition) is 3. The maximum absolute atomic E-state index is 13.9. The van der Waals surface area contributed by atoms with Gasteiger partial charge in [0.15, 0.2) is 0 Å². The van der Waals surface area contributed by atoms with Crippen molar-refractivity contribution in [1.29, 1.82) is 0 Å². The first-order valence-corrected chi connectivity index (χ1v) is 12.4. The quantitative estimate of drug-likeness (QED) is 0.522. The van der Waals surface area contributed by atoms with Crippen LogP contribution < -0.4 is 15.5 Å². The Morgan fingerprint density at radius 3 is 2.64 bits per heavy atom. The zero-order valence-corrected chi connectivity index (χ0v) is 19.2. The summed E-state index contributed by atoms with van der Waals surface area (Å²) in [4.78, 5) is 28.7. The molecule has 3 aromatic rings. The van der Waals surface area contributed by atoms with Crippen LogP contribution in [0.4, 0.5) is 10.1 Å². The molecule has 0 aliphatic heterocycles. The lowest BCUT2D eigenvalue weighted by Gasteiger charge is -2.34. The van der Waals surface area contributed by atoms with Crippen molar-refractivity contribution in [2.45, 2.75) is 44.0 Å². The van der Waals surface area contributed by atoms with E-state index in [4.69, 9.17) is 0 Å². The van der Waals surface area contributed by atoms with Crippen molar-refractivity contribution in [3.63, 3.8) is 0 Å². The Morgan fingerprint density at radius 1 is 1.12 bits per heavy atom. The van der Waals surface area contributed by atoms with Crippen molar-refractivity contribution in [1.82, 2.24) is 10.3 Å². The van der Waals surface area contributed by atoms with E-state index < -0.39 is 27.2 Å². The first-order chi connectivity index (χ1) is 15.7. The zero-order chi connectivity index (χ0) is 23.8. The molecule has 9 heteroatoms. The predicted molar refractivity (Wildman–Crippen MR) is 125 cm³/mol. The van der Waals surface area contributed by atoms with Gasteiger partial charge in [-0.05, 0) is 48.6 Å². The highest BCUT2D eigenvalue weighted by Gasteiger charge is 2.29. The zero-order valence-electron chi connectivity index (χ0n) is 18.4. The molecule has 2 aromatic carbocycles. The molecular weight excluding hydrogens is 445 g/mol. The van der Waals surface area contributed by atoms with Crippen LogP contribution >= 0.6 is 0 Å². The minimum atomic E-state index is -4.16. The smallest absolute Gasteiger partial charge is 0.262 e. The van der Waals surface area contributed by atoms with E-state index in [1.54, 1.807) is 0 Å². The molecule has 1 aromatic heterocycles. The number of rotatable bonds is 5. The van der Waals surface area contributed by atoms with E-state index in [0.29, 0.717) is 17.4 Å². The lowest BCUT2D eigenvalue weighted by molar-refractivity contribution is 0.0890. The third kappa shape index (κ3) is 4.64. The number of carbonyl (C=O) groups excluding carboxylic acids is 1. The molecule has 1 amide bonds. The van der Waals surface area contributed by atoms with Gasteiger partial charge in [0.2, 0.25) is 5.43 Å². The fourth-order valence-corrected chi connectivity index (χ4v) is 5.41. The van der Waals surface area contributed by atoms with Gasteiger partial charge >= 0.3 is 0 Å². The van der Waals surface area contributed by atoms with Crippen molar-refractivity contribution in [3.05, 3.63) is 70.3 Å². The van der Waals surface area contributed by atoms with Crippen molar-refractivity contribution >= 4 is 32.5 Å². The number of para-hydroxylation sites is 1. The Labute approximate surface area is 191 Å². The minimum Gasteiger partial charge on any atom is -0.360 e. The molecular formula is C24H26FN3O4S. The summed E-state index contributed by atoms with van der Waals surface area (Å²) >= 11 is 0. The van der Waals surface area contributed by atoms with Gasteiger partial charge in [0, 0.05) is 23.1 Å². The molecule has 3 atom stereocenters. The second-order valence-electron chi connectivity index (χ2n) is 8.67. The van der Waals surface area contributed by atoms with Crippen LogP contribution in [0.25, 0.3) is 10.9 Å². The standard InChI is InChI=1S/C24H26FN3O4S/c1-14-6-5-9-20(15(14)2)27-24(30)18-13-26-21-11-10-16(12-17(21)23(18)29)33(31,32)28-22-8-4-3-7-19(22)25/h3-4,7-8,10-15,20,28H,5-6,9H2,1-2H3,(H,26,29)(H,27,30)/t14-,15-,20+/m1/s1. The second kappa shape index (κ2) is 8.97. The number of fused-ring (bicyclic) bond motifs is 1. The van der Waals surface area contributed by atoms with Gasteiger partial charge in [0.25, 0.3) is 15.9 Å². The van der Waals surface area contributed by atoms with Crippen LogP contribution in [-0.4, -0.2) is 25.4 Å². The number of amides is 1. The lowest BCUT2D eigenvalue weighted by Crippen LogP contribution is -2.44. The average Bonchev–Trinajstić information content (AvgIpc) is 2.78. The monoisotopic (exact) mass is 471 g/mol. The number of pyridine rings is 1. The van der Waals surface area contributed by atoms with Gasteiger partial charge in [-0.2, -0.15) is 0 Å². The molecule has 3 N–H and O–H groups in total. The second-order valence-corrected chi connectivity index (χ2v) is 10.4. The third-order valence-corrected chi connectivity index (χ3v) is 7.91. The number of sulfonamides is 1. The molecule has 0 saturated heterocycles. The van der Waals surface area contributed by atoms with Gasteiger partial charge < -0.3 is 10.3 Å². The number of aromatic nitrogens is 1. The molecule has 33 heavy (non-hydrogen) atoms. The van der Waals surface area contributed by atoms with Crippen LogP contribution in [0, 0.1) is 17.7 Å². The van der Waals surface area contributed by atoms with Crippen LogP contribution in [0.1, 0.15) is 43.5 Å². The number of carbonyl (C=O) groups is 1. The van der Waals surface area contributed by atoms with E-state index in [0.717, 1.165) is 25.3 Å². The molecule has 1 aliphatic carbocycles. The molecule has 1 aliphatic rings. The van der Waals surface area contributed by atoms with Crippen LogP contribution in [0.15, 0.2) is 58.4 Å². The lowest BCUT2D eigenvalue weighted by atomic mass is 9.78. The maximum atomic E-state index is 13.9. The fraction of sp³-hybridized carbons (Fsp3) is 0.333. The average molecular weight is 472 g/mol. The molecule has 7 nitrogen and oxygen atoms in total. The Kier molecular flexibility index (Phi) is 6.25. The summed E-state index contributed by atoms with van der Waals surface area (Å²) in [6.07, 6.45) is 4.33. The number of H-pyrrole nitrogens is 1. The SMILES string of the molecule is C[C@@H]1[C@H](C)CCC[C@@H]1NC(=O)c1c[nH]c2ccc(S(=O)(=O)Nc3ccccc3F)cc2c1=O. The topological polar surface area (TPSA) is 108 Å². The number of hydrogen-bond acceptors (Lipinski definition) is 4. The van der Waals surface area contributed by atoms with E-state index in [-0.39, 0.29) is 27.6 Å². The highest BCUT2D eigenvalue weighted by Crippen LogP contribution is 2.29. The number of halogens is 1. The van der Waals surface area contributed by atoms with E-state index in [2.05, 4.69) is 28.9 Å². The van der Waals surface area contributed by atoms with Gasteiger partial charge in [-0.15, -0.1) is 0 Å². The van der Waals surface area contributed by atoms with Crippen molar-refractivity contribution in [3.8, 4) is 0 Å². The number of anilines is 1. The summed E-state index contributed by atoms with van der Waals surface area (Å²) in [7, 11) is -4.16. The molecule has 0 bridgehead atoms. The molecule has 0 spiro atoms. The summed E-state index contributed by atoms with van der Waals surface area (Å²) in [5, 5.41) is 3.03. The normalized spacial score (nSPS) is 21.0. The van der Waals surface area contributed by atoms with Crippen molar-refractivity contribution < 1.29 is 17.6 Å². The maximum Gasteiger partial charge on any atom is 0.262 e. The summed E-state index contributed by atoms with van der Waals surface area (Å²) in [6.45, 7) is 4.25. The Morgan fingerprint density at radius 2 is 1.88 bits per heavy atom. The molecule has 174 valence electrons. The highest BCUT2D eigenvalue weighted by atomic mass is 32.2. The summed E-state index contributed by atoms with van der Waals surface area (Å²) in [5.74, 6) is -0.427. The highest BCUT2D eigenvalue weighted by molar-refractivity contribution is 7.92. The molecule has 1 heterocycles.